The minimum atomic E-state index is 0.296. The van der Waals surface area contributed by atoms with E-state index in [9.17, 15) is 0 Å². The Hall–Kier alpha value is -1.02. The van der Waals surface area contributed by atoms with Gasteiger partial charge in [-0.3, -0.25) is 0 Å². The summed E-state index contributed by atoms with van der Waals surface area (Å²) in [5.74, 6) is 2.50. The van der Waals surface area contributed by atoms with Gasteiger partial charge in [-0.15, -0.1) is 0 Å². The lowest BCUT2D eigenvalue weighted by molar-refractivity contribution is 0.174. The fraction of sp³-hybridized carbons (Fsp3) is 0.667. The summed E-state index contributed by atoms with van der Waals surface area (Å²) in [6.07, 6.45) is 7.67. The fourth-order valence-corrected chi connectivity index (χ4v) is 3.54. The van der Waals surface area contributed by atoms with Crippen molar-refractivity contribution in [2.45, 2.75) is 58.4 Å². The van der Waals surface area contributed by atoms with Gasteiger partial charge in [-0.1, -0.05) is 44.7 Å². The molecule has 1 fully saturated rings. The van der Waals surface area contributed by atoms with Crippen molar-refractivity contribution in [3.8, 4) is 5.75 Å². The Labute approximate surface area is 123 Å². The third-order valence-electron chi connectivity index (χ3n) is 4.75. The van der Waals surface area contributed by atoms with Gasteiger partial charge in [0.25, 0.3) is 0 Å². The molecule has 1 saturated carbocycles. The van der Waals surface area contributed by atoms with Crippen LogP contribution in [0.4, 0.5) is 0 Å². The van der Waals surface area contributed by atoms with Crippen molar-refractivity contribution < 1.29 is 4.74 Å². The summed E-state index contributed by atoms with van der Waals surface area (Å²) in [6.45, 7) is 5.13. The zero-order chi connectivity index (χ0) is 14.4. The van der Waals surface area contributed by atoms with E-state index in [1.807, 2.05) is 12.1 Å². The van der Waals surface area contributed by atoms with Crippen molar-refractivity contribution in [1.82, 2.24) is 0 Å². The van der Waals surface area contributed by atoms with Crippen LogP contribution < -0.4 is 10.5 Å². The van der Waals surface area contributed by atoms with Crippen LogP contribution in [-0.4, -0.2) is 12.6 Å². The first-order valence-corrected chi connectivity index (χ1v) is 8.15. The second-order valence-electron chi connectivity index (χ2n) is 6.23. The first-order chi connectivity index (χ1) is 9.70. The molecular weight excluding hydrogens is 246 g/mol. The number of aryl methyl sites for hydroxylation is 1. The summed E-state index contributed by atoms with van der Waals surface area (Å²) in [5.41, 5.74) is 7.67. The van der Waals surface area contributed by atoms with Gasteiger partial charge in [-0.05, 0) is 49.3 Å². The van der Waals surface area contributed by atoms with Gasteiger partial charge in [0.2, 0.25) is 0 Å². The van der Waals surface area contributed by atoms with Gasteiger partial charge in [-0.2, -0.15) is 0 Å². The van der Waals surface area contributed by atoms with Gasteiger partial charge >= 0.3 is 0 Å². The van der Waals surface area contributed by atoms with Crippen molar-refractivity contribution in [1.29, 1.82) is 0 Å². The zero-order valence-corrected chi connectivity index (χ0v) is 13.0. The molecule has 0 saturated heterocycles. The first kappa shape index (κ1) is 15.4. The predicted octanol–water partition coefficient (Wildman–Crippen LogP) is 4.31. The van der Waals surface area contributed by atoms with Crippen LogP contribution in [0.1, 0.15) is 51.0 Å². The van der Waals surface area contributed by atoms with Crippen LogP contribution in [0.15, 0.2) is 24.3 Å². The summed E-state index contributed by atoms with van der Waals surface area (Å²) in [7, 11) is 0. The molecule has 0 amide bonds. The molecule has 3 atom stereocenters. The van der Waals surface area contributed by atoms with Crippen LogP contribution in [0, 0.1) is 18.8 Å². The molecule has 0 aliphatic heterocycles. The zero-order valence-electron chi connectivity index (χ0n) is 13.0. The maximum Gasteiger partial charge on any atom is 0.119 e. The standard InChI is InChI=1S/C18H29NO/c1-3-15-8-4-5-10-17(15)18(19)11-12-20-16-9-6-7-14(2)13-16/h6-7,9,13,15,17-18H,3-5,8,10-12,19H2,1-2H3. The van der Waals surface area contributed by atoms with Crippen molar-refractivity contribution in [3.63, 3.8) is 0 Å². The van der Waals surface area contributed by atoms with E-state index in [4.69, 9.17) is 10.5 Å². The van der Waals surface area contributed by atoms with E-state index in [1.165, 1.54) is 37.7 Å². The van der Waals surface area contributed by atoms with Gasteiger partial charge in [0.1, 0.15) is 5.75 Å². The topological polar surface area (TPSA) is 35.2 Å². The molecule has 2 nitrogen and oxygen atoms in total. The molecule has 2 heteroatoms. The molecule has 20 heavy (non-hydrogen) atoms. The van der Waals surface area contributed by atoms with E-state index in [-0.39, 0.29) is 0 Å². The maximum atomic E-state index is 6.43. The summed E-state index contributed by atoms with van der Waals surface area (Å²) in [6, 6.07) is 8.53. The first-order valence-electron chi connectivity index (χ1n) is 8.15. The Bertz CT molecular complexity index is 404. The molecule has 0 radical (unpaired) electrons. The number of benzene rings is 1. The summed E-state index contributed by atoms with van der Waals surface area (Å²) in [4.78, 5) is 0. The quantitative estimate of drug-likeness (QED) is 0.839. The molecule has 0 aromatic heterocycles. The molecule has 1 aliphatic carbocycles. The Kier molecular flexibility index (Phi) is 5.90. The molecule has 3 unspecified atom stereocenters. The Morgan fingerprint density at radius 1 is 1.30 bits per heavy atom. The monoisotopic (exact) mass is 275 g/mol. The van der Waals surface area contributed by atoms with E-state index >= 15 is 0 Å². The molecule has 1 aromatic rings. The van der Waals surface area contributed by atoms with E-state index in [1.54, 1.807) is 0 Å². The Balaban J connectivity index is 1.78. The largest absolute Gasteiger partial charge is 0.494 e. The van der Waals surface area contributed by atoms with Gasteiger partial charge in [0.15, 0.2) is 0 Å². The SMILES string of the molecule is CCC1CCCCC1C(N)CCOc1cccc(C)c1. The third kappa shape index (κ3) is 4.24. The van der Waals surface area contributed by atoms with Crippen molar-refractivity contribution in [2.24, 2.45) is 17.6 Å². The van der Waals surface area contributed by atoms with Crippen molar-refractivity contribution in [2.75, 3.05) is 6.61 Å². The van der Waals surface area contributed by atoms with E-state index in [0.717, 1.165) is 24.7 Å². The van der Waals surface area contributed by atoms with E-state index in [2.05, 4.69) is 26.0 Å². The fourth-order valence-electron chi connectivity index (χ4n) is 3.54. The Morgan fingerprint density at radius 3 is 2.85 bits per heavy atom. The number of nitrogens with two attached hydrogens (primary N) is 1. The number of hydrogen-bond acceptors (Lipinski definition) is 2. The van der Waals surface area contributed by atoms with Crippen molar-refractivity contribution in [3.05, 3.63) is 29.8 Å². The average Bonchev–Trinajstić information content (AvgIpc) is 2.47. The normalized spacial score (nSPS) is 24.4. The molecule has 112 valence electrons. The highest BCUT2D eigenvalue weighted by molar-refractivity contribution is 5.27. The van der Waals surface area contributed by atoms with Crippen LogP contribution >= 0.6 is 0 Å². The smallest absolute Gasteiger partial charge is 0.119 e. The van der Waals surface area contributed by atoms with Crippen LogP contribution in [0.5, 0.6) is 5.75 Å². The predicted molar refractivity (Wildman–Crippen MR) is 85.0 cm³/mol. The summed E-state index contributed by atoms with van der Waals surface area (Å²) in [5, 5.41) is 0. The van der Waals surface area contributed by atoms with Crippen LogP contribution in [-0.2, 0) is 0 Å². The van der Waals surface area contributed by atoms with Crippen molar-refractivity contribution >= 4 is 0 Å². The molecule has 0 spiro atoms. The highest BCUT2D eigenvalue weighted by Crippen LogP contribution is 2.34. The maximum absolute atomic E-state index is 6.43. The van der Waals surface area contributed by atoms with Gasteiger partial charge in [-0.25, -0.2) is 0 Å². The Morgan fingerprint density at radius 2 is 2.10 bits per heavy atom. The molecule has 2 rings (SSSR count). The number of rotatable bonds is 6. The summed E-state index contributed by atoms with van der Waals surface area (Å²) < 4.78 is 5.84. The lowest BCUT2D eigenvalue weighted by atomic mass is 9.73. The van der Waals surface area contributed by atoms with Crippen LogP contribution in [0.3, 0.4) is 0 Å². The second kappa shape index (κ2) is 7.68. The lowest BCUT2D eigenvalue weighted by Crippen LogP contribution is -2.38. The second-order valence-corrected chi connectivity index (χ2v) is 6.23. The number of ether oxygens (including phenoxy) is 1. The molecule has 1 aliphatic rings. The van der Waals surface area contributed by atoms with Gasteiger partial charge in [0.05, 0.1) is 6.61 Å². The van der Waals surface area contributed by atoms with Gasteiger partial charge < -0.3 is 10.5 Å². The minimum absolute atomic E-state index is 0.296. The van der Waals surface area contributed by atoms with E-state index < -0.39 is 0 Å². The third-order valence-corrected chi connectivity index (χ3v) is 4.75. The minimum Gasteiger partial charge on any atom is -0.494 e. The van der Waals surface area contributed by atoms with Gasteiger partial charge in [0, 0.05) is 6.04 Å². The molecule has 1 aromatic carbocycles. The average molecular weight is 275 g/mol. The molecule has 0 heterocycles. The van der Waals surface area contributed by atoms with E-state index in [0.29, 0.717) is 12.0 Å². The highest BCUT2D eigenvalue weighted by Gasteiger charge is 2.28. The highest BCUT2D eigenvalue weighted by atomic mass is 16.5. The lowest BCUT2D eigenvalue weighted by Gasteiger charge is -2.35. The summed E-state index contributed by atoms with van der Waals surface area (Å²) >= 11 is 0. The molecular formula is C18H29NO. The number of hydrogen-bond donors (Lipinski definition) is 1. The van der Waals surface area contributed by atoms with Crippen LogP contribution in [0.25, 0.3) is 0 Å². The van der Waals surface area contributed by atoms with Crippen LogP contribution in [0.2, 0.25) is 0 Å². The molecule has 0 bridgehead atoms. The molecule has 2 N–H and O–H groups in total.